The summed E-state index contributed by atoms with van der Waals surface area (Å²) in [6.45, 7) is 0.447. The fourth-order valence-corrected chi connectivity index (χ4v) is 6.01. The Balaban J connectivity index is 1.96. The summed E-state index contributed by atoms with van der Waals surface area (Å²) in [7, 11) is 0. The van der Waals surface area contributed by atoms with Crippen LogP contribution in [0.1, 0.15) is 27.0 Å². The van der Waals surface area contributed by atoms with E-state index in [0.29, 0.717) is 0 Å². The maximum absolute atomic E-state index is 13.6. The predicted octanol–water partition coefficient (Wildman–Crippen LogP) is 5.92. The zero-order valence-corrected chi connectivity index (χ0v) is 19.6. The molecule has 3 aromatic rings. The average molecular weight is 509 g/mol. The molecule has 32 heavy (non-hydrogen) atoms. The molecule has 0 spiro atoms. The van der Waals surface area contributed by atoms with Gasteiger partial charge in [0.05, 0.1) is 44.3 Å². The van der Waals surface area contributed by atoms with E-state index in [1.807, 2.05) is 60.7 Å². The number of benzene rings is 3. The molecule has 0 saturated carbocycles. The van der Waals surface area contributed by atoms with Gasteiger partial charge in [-0.3, -0.25) is 4.79 Å². The molecule has 4 nitrogen and oxygen atoms in total. The number of hydrogen-bond donors (Lipinski definition) is 1. The van der Waals surface area contributed by atoms with Gasteiger partial charge < -0.3 is 14.7 Å². The third-order valence-electron chi connectivity index (χ3n) is 6.37. The highest BCUT2D eigenvalue weighted by atomic mass is 35.5. The summed E-state index contributed by atoms with van der Waals surface area (Å²) < 4.78 is 6.02. The Hall–Kier alpha value is -1.79. The first-order chi connectivity index (χ1) is 15.4. The average Bonchev–Trinajstić information content (AvgIpc) is 2.94. The van der Waals surface area contributed by atoms with Crippen LogP contribution < -0.4 is 0 Å². The molecule has 1 fully saturated rings. The van der Waals surface area contributed by atoms with Crippen LogP contribution in [-0.2, 0) is 15.9 Å². The number of carbonyl (C=O) groups excluding carboxylic acids is 1. The number of nitrogens with zero attached hydrogens (tertiary/aromatic N) is 1. The largest absolute Gasteiger partial charge is 0.378 e. The van der Waals surface area contributed by atoms with Crippen LogP contribution in [0.15, 0.2) is 60.7 Å². The SMILES string of the molecule is O=C1c2c(Cl)c(Cl)c(Cl)c(Cl)c2C2(O)N1CCOCC2(c1ccccc1)c1ccccc1. The van der Waals surface area contributed by atoms with Gasteiger partial charge in [-0.05, 0) is 11.1 Å². The normalized spacial score (nSPS) is 21.8. The maximum atomic E-state index is 13.6. The van der Waals surface area contributed by atoms with E-state index in [-0.39, 0.29) is 51.0 Å². The summed E-state index contributed by atoms with van der Waals surface area (Å²) in [5.74, 6) is -0.477. The molecule has 1 saturated heterocycles. The first-order valence-corrected chi connectivity index (χ1v) is 11.5. The quantitative estimate of drug-likeness (QED) is 0.345. The lowest BCUT2D eigenvalue weighted by Crippen LogP contribution is -2.59. The van der Waals surface area contributed by atoms with Gasteiger partial charge in [0.1, 0.15) is 0 Å². The van der Waals surface area contributed by atoms with Gasteiger partial charge in [-0.25, -0.2) is 0 Å². The highest BCUT2D eigenvalue weighted by Crippen LogP contribution is 2.59. The fraction of sp³-hybridized carbons (Fsp3) is 0.208. The maximum Gasteiger partial charge on any atom is 0.258 e. The van der Waals surface area contributed by atoms with Crippen LogP contribution in [-0.4, -0.2) is 35.7 Å². The van der Waals surface area contributed by atoms with Crippen molar-refractivity contribution in [2.24, 2.45) is 0 Å². The van der Waals surface area contributed by atoms with Crippen LogP contribution in [0.4, 0.5) is 0 Å². The fourth-order valence-electron chi connectivity index (χ4n) is 4.95. The molecule has 164 valence electrons. The van der Waals surface area contributed by atoms with Crippen molar-refractivity contribution in [2.45, 2.75) is 11.1 Å². The standard InChI is InChI=1S/C24H17Cl4NO3/c25-18-16-17(19(26)21(28)20(18)27)24(31)23(14-7-3-1-4-8-14,15-9-5-2-6-10-15)13-32-12-11-29(24)22(16)30/h1-10,31H,11-13H2. The number of halogens is 4. The number of amides is 1. The molecular formula is C24H17Cl4NO3. The monoisotopic (exact) mass is 507 g/mol. The van der Waals surface area contributed by atoms with E-state index < -0.39 is 17.0 Å². The minimum atomic E-state index is -1.94. The Kier molecular flexibility index (Phi) is 5.44. The van der Waals surface area contributed by atoms with Crippen molar-refractivity contribution in [3.8, 4) is 0 Å². The van der Waals surface area contributed by atoms with Crippen molar-refractivity contribution in [1.82, 2.24) is 4.90 Å². The number of hydrogen-bond acceptors (Lipinski definition) is 3. The third kappa shape index (κ3) is 2.75. The number of fused-ring (bicyclic) bond motifs is 3. The lowest BCUT2D eigenvalue weighted by molar-refractivity contribution is -0.128. The van der Waals surface area contributed by atoms with Crippen molar-refractivity contribution >= 4 is 52.3 Å². The number of carbonyl (C=O) groups is 1. The highest BCUT2D eigenvalue weighted by Gasteiger charge is 2.65. The topological polar surface area (TPSA) is 49.8 Å². The second-order valence-electron chi connectivity index (χ2n) is 7.82. The minimum absolute atomic E-state index is 0.00689. The van der Waals surface area contributed by atoms with Gasteiger partial charge in [0.2, 0.25) is 0 Å². The number of ether oxygens (including phenoxy) is 1. The summed E-state index contributed by atoms with van der Waals surface area (Å²) in [4.78, 5) is 15.0. The van der Waals surface area contributed by atoms with Crippen molar-refractivity contribution in [2.75, 3.05) is 19.8 Å². The van der Waals surface area contributed by atoms with E-state index in [9.17, 15) is 9.90 Å². The molecule has 1 N–H and O–H groups in total. The van der Waals surface area contributed by atoms with Gasteiger partial charge >= 0.3 is 0 Å². The van der Waals surface area contributed by atoms with Gasteiger partial charge in [-0.1, -0.05) is 107 Å². The summed E-state index contributed by atoms with van der Waals surface area (Å²) in [5.41, 5.74) is -1.46. The van der Waals surface area contributed by atoms with Gasteiger partial charge in [0.15, 0.2) is 5.72 Å². The zero-order chi connectivity index (χ0) is 22.7. The van der Waals surface area contributed by atoms with Gasteiger partial charge in [-0.2, -0.15) is 0 Å². The molecule has 3 aromatic carbocycles. The number of rotatable bonds is 2. The van der Waals surface area contributed by atoms with E-state index in [1.165, 1.54) is 4.90 Å². The lowest BCUT2D eigenvalue weighted by atomic mass is 9.65. The first-order valence-electron chi connectivity index (χ1n) is 9.95. The van der Waals surface area contributed by atoms with Crippen molar-refractivity contribution in [3.63, 3.8) is 0 Å². The molecule has 0 bridgehead atoms. The Morgan fingerprint density at radius 2 is 1.34 bits per heavy atom. The summed E-state index contributed by atoms with van der Waals surface area (Å²) in [6.07, 6.45) is 0. The van der Waals surface area contributed by atoms with Gasteiger partial charge in [0.25, 0.3) is 5.91 Å². The van der Waals surface area contributed by atoms with Crippen LogP contribution in [0.2, 0.25) is 20.1 Å². The molecule has 8 heteroatoms. The molecule has 1 amide bonds. The lowest BCUT2D eigenvalue weighted by Gasteiger charge is -2.48. The molecule has 2 aliphatic heterocycles. The van der Waals surface area contributed by atoms with Crippen LogP contribution in [0.3, 0.4) is 0 Å². The summed E-state index contributed by atoms with van der Waals surface area (Å²) in [6, 6.07) is 18.9. The van der Waals surface area contributed by atoms with Crippen LogP contribution in [0.25, 0.3) is 0 Å². The molecule has 1 atom stereocenters. The highest BCUT2D eigenvalue weighted by molar-refractivity contribution is 6.53. The minimum Gasteiger partial charge on any atom is -0.378 e. The second kappa shape index (κ2) is 7.91. The van der Waals surface area contributed by atoms with E-state index in [2.05, 4.69) is 0 Å². The van der Waals surface area contributed by atoms with E-state index >= 15 is 0 Å². The van der Waals surface area contributed by atoms with E-state index in [0.717, 1.165) is 11.1 Å². The number of aliphatic hydroxyl groups is 1. The van der Waals surface area contributed by atoms with Crippen molar-refractivity contribution in [3.05, 3.63) is 103 Å². The van der Waals surface area contributed by atoms with Gasteiger partial charge in [0, 0.05) is 12.1 Å². The summed E-state index contributed by atoms with van der Waals surface area (Å²) >= 11 is 25.9. The van der Waals surface area contributed by atoms with Crippen molar-refractivity contribution < 1.29 is 14.6 Å². The third-order valence-corrected chi connectivity index (χ3v) is 8.17. The van der Waals surface area contributed by atoms with Crippen LogP contribution in [0, 0.1) is 0 Å². The molecule has 2 aliphatic rings. The second-order valence-corrected chi connectivity index (χ2v) is 9.34. The molecule has 1 unspecified atom stereocenters. The Morgan fingerprint density at radius 1 is 0.812 bits per heavy atom. The Labute approximate surface area is 205 Å². The smallest absolute Gasteiger partial charge is 0.258 e. The predicted molar refractivity (Wildman–Crippen MR) is 126 cm³/mol. The molecular weight excluding hydrogens is 492 g/mol. The molecule has 0 aliphatic carbocycles. The van der Waals surface area contributed by atoms with Crippen LogP contribution in [0.5, 0.6) is 0 Å². The van der Waals surface area contributed by atoms with Crippen molar-refractivity contribution in [1.29, 1.82) is 0 Å². The van der Waals surface area contributed by atoms with Gasteiger partial charge in [-0.15, -0.1) is 0 Å². The van der Waals surface area contributed by atoms with E-state index in [1.54, 1.807) is 0 Å². The first kappa shape index (κ1) is 22.0. The Bertz CT molecular complexity index is 1180. The molecule has 0 radical (unpaired) electrons. The molecule has 0 aromatic heterocycles. The van der Waals surface area contributed by atoms with Crippen LogP contribution >= 0.6 is 46.4 Å². The molecule has 5 rings (SSSR count). The Morgan fingerprint density at radius 3 is 1.91 bits per heavy atom. The van der Waals surface area contributed by atoms with E-state index in [4.69, 9.17) is 51.1 Å². The molecule has 2 heterocycles. The summed E-state index contributed by atoms with van der Waals surface area (Å²) in [5, 5.41) is 12.7. The zero-order valence-electron chi connectivity index (χ0n) is 16.6.